The number of hydrogen-bond donors (Lipinski definition) is 3. The van der Waals surface area contributed by atoms with Gasteiger partial charge in [-0.25, -0.2) is 0 Å². The van der Waals surface area contributed by atoms with E-state index in [-0.39, 0.29) is 5.54 Å². The number of amides is 1. The van der Waals surface area contributed by atoms with Gasteiger partial charge in [0.2, 0.25) is 6.41 Å². The van der Waals surface area contributed by atoms with E-state index in [4.69, 9.17) is 0 Å². The molecule has 17 heavy (non-hydrogen) atoms. The summed E-state index contributed by atoms with van der Waals surface area (Å²) in [5, 5.41) is 15.7. The molecule has 0 heterocycles. The fourth-order valence-electron chi connectivity index (χ4n) is 1.39. The molecule has 0 aliphatic rings. The van der Waals surface area contributed by atoms with Crippen LogP contribution in [0.25, 0.3) is 0 Å². The zero-order valence-electron chi connectivity index (χ0n) is 10.5. The lowest BCUT2D eigenvalue weighted by Gasteiger charge is -2.23. The average Bonchev–Trinajstić information content (AvgIpc) is 2.26. The van der Waals surface area contributed by atoms with Crippen LogP contribution in [0, 0.1) is 0 Å². The van der Waals surface area contributed by atoms with E-state index in [1.54, 1.807) is 24.3 Å². The van der Waals surface area contributed by atoms with E-state index in [0.29, 0.717) is 13.0 Å². The Morgan fingerprint density at radius 2 is 1.88 bits per heavy atom. The van der Waals surface area contributed by atoms with Crippen LogP contribution in [0.3, 0.4) is 0 Å². The lowest BCUT2D eigenvalue weighted by Crippen LogP contribution is -2.38. The second-order valence-corrected chi connectivity index (χ2v) is 5.03. The quantitative estimate of drug-likeness (QED) is 0.682. The standard InChI is InChI=1S/C13H20N2O2/c1-13(2,3)15-8-12(17)10-4-6-11(7-5-10)14-9-16/h4-7,9,12,15,17H,8H2,1-3H3,(H,14,16). The Hall–Kier alpha value is -1.39. The van der Waals surface area contributed by atoms with Crippen LogP contribution in [0.4, 0.5) is 5.69 Å². The Bertz CT molecular complexity index is 355. The number of carbonyl (C=O) groups excluding carboxylic acids is 1. The highest BCUT2D eigenvalue weighted by atomic mass is 16.3. The molecule has 0 aromatic heterocycles. The molecular weight excluding hydrogens is 216 g/mol. The SMILES string of the molecule is CC(C)(C)NCC(O)c1ccc(NC=O)cc1. The van der Waals surface area contributed by atoms with Gasteiger partial charge in [-0.1, -0.05) is 12.1 Å². The third-order valence-corrected chi connectivity index (χ3v) is 2.35. The topological polar surface area (TPSA) is 61.4 Å². The van der Waals surface area contributed by atoms with Crippen LogP contribution in [0.5, 0.6) is 0 Å². The van der Waals surface area contributed by atoms with E-state index in [2.05, 4.69) is 31.4 Å². The lowest BCUT2D eigenvalue weighted by atomic mass is 10.1. The molecule has 0 radical (unpaired) electrons. The van der Waals surface area contributed by atoms with Crippen molar-refractivity contribution in [1.82, 2.24) is 5.32 Å². The molecule has 0 saturated heterocycles. The lowest BCUT2D eigenvalue weighted by molar-refractivity contribution is -0.105. The van der Waals surface area contributed by atoms with Crippen LogP contribution in [0.2, 0.25) is 0 Å². The largest absolute Gasteiger partial charge is 0.387 e. The predicted octanol–water partition coefficient (Wildman–Crippen LogP) is 1.68. The minimum atomic E-state index is -0.542. The number of aliphatic hydroxyl groups is 1. The molecule has 94 valence electrons. The molecule has 1 rings (SSSR count). The highest BCUT2D eigenvalue weighted by Gasteiger charge is 2.13. The van der Waals surface area contributed by atoms with Gasteiger partial charge in [-0.2, -0.15) is 0 Å². The Morgan fingerprint density at radius 3 is 2.35 bits per heavy atom. The van der Waals surface area contributed by atoms with Crippen molar-refractivity contribution in [1.29, 1.82) is 0 Å². The molecule has 1 amide bonds. The van der Waals surface area contributed by atoms with Gasteiger partial charge in [0.05, 0.1) is 6.10 Å². The summed E-state index contributed by atoms with van der Waals surface area (Å²) in [6.07, 6.45) is 0.0894. The maximum absolute atomic E-state index is 10.2. The van der Waals surface area contributed by atoms with Crippen molar-refractivity contribution in [3.8, 4) is 0 Å². The van der Waals surface area contributed by atoms with Gasteiger partial charge in [0.15, 0.2) is 0 Å². The molecule has 0 aliphatic carbocycles. The normalized spacial score (nSPS) is 13.2. The number of anilines is 1. The minimum absolute atomic E-state index is 0.0139. The molecule has 1 unspecified atom stereocenters. The number of nitrogens with one attached hydrogen (secondary N) is 2. The fraction of sp³-hybridized carbons (Fsp3) is 0.462. The van der Waals surface area contributed by atoms with Crippen molar-refractivity contribution in [2.45, 2.75) is 32.4 Å². The number of hydrogen-bond acceptors (Lipinski definition) is 3. The van der Waals surface area contributed by atoms with Crippen LogP contribution in [0.1, 0.15) is 32.4 Å². The summed E-state index contributed by atoms with van der Waals surface area (Å²) >= 11 is 0. The molecule has 1 aromatic rings. The van der Waals surface area contributed by atoms with E-state index in [0.717, 1.165) is 11.3 Å². The molecule has 1 atom stereocenters. The molecule has 4 nitrogen and oxygen atoms in total. The first-order valence-electron chi connectivity index (χ1n) is 5.65. The summed E-state index contributed by atoms with van der Waals surface area (Å²) in [5.74, 6) is 0. The molecule has 0 saturated carbocycles. The maximum atomic E-state index is 10.2. The molecule has 0 fully saturated rings. The number of carbonyl (C=O) groups is 1. The second kappa shape index (κ2) is 5.80. The van der Waals surface area contributed by atoms with Gasteiger partial charge < -0.3 is 15.7 Å². The van der Waals surface area contributed by atoms with Gasteiger partial charge in [0.1, 0.15) is 0 Å². The van der Waals surface area contributed by atoms with Crippen LogP contribution in [0.15, 0.2) is 24.3 Å². The molecule has 0 bridgehead atoms. The van der Waals surface area contributed by atoms with Crippen LogP contribution < -0.4 is 10.6 Å². The van der Waals surface area contributed by atoms with E-state index >= 15 is 0 Å². The minimum Gasteiger partial charge on any atom is -0.387 e. The van der Waals surface area contributed by atoms with Gasteiger partial charge in [-0.05, 0) is 38.5 Å². The van der Waals surface area contributed by atoms with Gasteiger partial charge >= 0.3 is 0 Å². The smallest absolute Gasteiger partial charge is 0.211 e. The van der Waals surface area contributed by atoms with Crippen LogP contribution in [-0.4, -0.2) is 23.6 Å². The van der Waals surface area contributed by atoms with Gasteiger partial charge in [-0.15, -0.1) is 0 Å². The summed E-state index contributed by atoms with van der Waals surface area (Å²) in [4.78, 5) is 10.2. The Balaban J connectivity index is 2.57. The second-order valence-electron chi connectivity index (χ2n) is 5.03. The van der Waals surface area contributed by atoms with Crippen molar-refractivity contribution in [3.05, 3.63) is 29.8 Å². The summed E-state index contributed by atoms with van der Waals surface area (Å²) in [6, 6.07) is 7.15. The van der Waals surface area contributed by atoms with Crippen molar-refractivity contribution in [2.24, 2.45) is 0 Å². The van der Waals surface area contributed by atoms with Crippen LogP contribution in [-0.2, 0) is 4.79 Å². The summed E-state index contributed by atoms with van der Waals surface area (Å²) in [5.41, 5.74) is 1.54. The van der Waals surface area contributed by atoms with E-state index in [1.807, 2.05) is 0 Å². The molecule has 1 aromatic carbocycles. The van der Waals surface area contributed by atoms with Crippen molar-refractivity contribution in [3.63, 3.8) is 0 Å². The Morgan fingerprint density at radius 1 is 1.29 bits per heavy atom. The van der Waals surface area contributed by atoms with Crippen LogP contribution >= 0.6 is 0 Å². The zero-order chi connectivity index (χ0) is 12.9. The highest BCUT2D eigenvalue weighted by Crippen LogP contribution is 2.16. The number of benzene rings is 1. The van der Waals surface area contributed by atoms with Crippen molar-refractivity contribution < 1.29 is 9.90 Å². The predicted molar refractivity (Wildman–Crippen MR) is 68.8 cm³/mol. The van der Waals surface area contributed by atoms with E-state index < -0.39 is 6.10 Å². The zero-order valence-corrected chi connectivity index (χ0v) is 10.5. The van der Waals surface area contributed by atoms with E-state index in [1.165, 1.54) is 0 Å². The third kappa shape index (κ3) is 4.97. The average molecular weight is 236 g/mol. The first kappa shape index (κ1) is 13.7. The first-order valence-corrected chi connectivity index (χ1v) is 5.65. The number of rotatable bonds is 5. The van der Waals surface area contributed by atoms with E-state index in [9.17, 15) is 9.90 Å². The van der Waals surface area contributed by atoms with Gasteiger partial charge in [0.25, 0.3) is 0 Å². The number of β-amino-alcohol motifs (C(OH)–C–C–N with tert-alkyl or cyclic N) is 1. The monoisotopic (exact) mass is 236 g/mol. The van der Waals surface area contributed by atoms with Crippen molar-refractivity contribution in [2.75, 3.05) is 11.9 Å². The Labute approximate surface area is 102 Å². The van der Waals surface area contributed by atoms with Gasteiger partial charge in [0, 0.05) is 17.8 Å². The number of aliphatic hydroxyl groups excluding tert-OH is 1. The summed E-state index contributed by atoms with van der Waals surface area (Å²) < 4.78 is 0. The third-order valence-electron chi connectivity index (χ3n) is 2.35. The van der Waals surface area contributed by atoms with Gasteiger partial charge in [-0.3, -0.25) is 4.79 Å². The van der Waals surface area contributed by atoms with Crippen molar-refractivity contribution >= 4 is 12.1 Å². The molecule has 0 aliphatic heterocycles. The Kier molecular flexibility index (Phi) is 4.66. The fourth-order valence-corrected chi connectivity index (χ4v) is 1.39. The molecule has 0 spiro atoms. The molecule has 3 N–H and O–H groups in total. The summed E-state index contributed by atoms with van der Waals surface area (Å²) in [6.45, 7) is 6.66. The first-order chi connectivity index (χ1) is 7.92. The maximum Gasteiger partial charge on any atom is 0.211 e. The highest BCUT2D eigenvalue weighted by molar-refractivity contribution is 5.71. The summed E-state index contributed by atoms with van der Waals surface area (Å²) in [7, 11) is 0. The molecular formula is C13H20N2O2. The molecule has 4 heteroatoms.